The van der Waals surface area contributed by atoms with Crippen molar-refractivity contribution in [2.24, 2.45) is 5.92 Å². The third-order valence-corrected chi connectivity index (χ3v) is 5.82. The molecule has 2 fully saturated rings. The van der Waals surface area contributed by atoms with Crippen LogP contribution in [0.2, 0.25) is 0 Å². The topological polar surface area (TPSA) is 41.1 Å². The smallest absolute Gasteiger partial charge is 0.220 e. The first-order chi connectivity index (χ1) is 9.19. The number of carbonyl (C=O) groups is 1. The van der Waals surface area contributed by atoms with E-state index in [4.69, 9.17) is 0 Å². The Morgan fingerprint density at radius 1 is 1.42 bits per heavy atom. The molecule has 0 spiro atoms. The van der Waals surface area contributed by atoms with Crippen LogP contribution >= 0.6 is 27.3 Å². The van der Waals surface area contributed by atoms with E-state index in [0.29, 0.717) is 31.0 Å². The van der Waals surface area contributed by atoms with Gasteiger partial charge in [-0.15, -0.1) is 11.3 Å². The third-order valence-electron chi connectivity index (χ3n) is 4.13. The average Bonchev–Trinajstić information content (AvgIpc) is 2.93. The number of fused-ring (bicyclic) bond motifs is 2. The van der Waals surface area contributed by atoms with Crippen molar-refractivity contribution in [1.82, 2.24) is 10.6 Å². The standard InChI is InChI=1S/C14H19BrN2OS/c15-10-6-13(19-8-10)7-16-14(18)5-9-3-11-1-2-12(4-9)17-11/h6,8-9,11-12,17H,1-5,7H2,(H,16,18). The lowest BCUT2D eigenvalue weighted by molar-refractivity contribution is -0.122. The summed E-state index contributed by atoms with van der Waals surface area (Å²) in [5.74, 6) is 0.782. The van der Waals surface area contributed by atoms with Gasteiger partial charge in [-0.3, -0.25) is 4.79 Å². The van der Waals surface area contributed by atoms with Gasteiger partial charge in [0, 0.05) is 33.2 Å². The van der Waals surface area contributed by atoms with Crippen LogP contribution in [0.1, 0.15) is 37.0 Å². The predicted octanol–water partition coefficient (Wildman–Crippen LogP) is 3.05. The van der Waals surface area contributed by atoms with Crippen LogP contribution in [0.15, 0.2) is 15.9 Å². The van der Waals surface area contributed by atoms with E-state index in [1.54, 1.807) is 11.3 Å². The van der Waals surface area contributed by atoms with Crippen molar-refractivity contribution in [3.8, 4) is 0 Å². The zero-order valence-electron chi connectivity index (χ0n) is 10.8. The van der Waals surface area contributed by atoms with Crippen LogP contribution in [-0.2, 0) is 11.3 Å². The van der Waals surface area contributed by atoms with Crippen LogP contribution in [0.25, 0.3) is 0 Å². The molecule has 2 N–H and O–H groups in total. The lowest BCUT2D eigenvalue weighted by Crippen LogP contribution is -2.39. The summed E-state index contributed by atoms with van der Waals surface area (Å²) in [6.45, 7) is 0.660. The Bertz CT molecular complexity index is 450. The molecule has 104 valence electrons. The van der Waals surface area contributed by atoms with Crippen molar-refractivity contribution in [3.63, 3.8) is 0 Å². The molecule has 2 unspecified atom stereocenters. The maximum atomic E-state index is 12.0. The molecule has 1 aromatic heterocycles. The summed E-state index contributed by atoms with van der Waals surface area (Å²) in [5.41, 5.74) is 0. The molecule has 2 aliphatic heterocycles. The van der Waals surface area contributed by atoms with E-state index in [-0.39, 0.29) is 5.91 Å². The summed E-state index contributed by atoms with van der Waals surface area (Å²) < 4.78 is 1.09. The first-order valence-corrected chi connectivity index (χ1v) is 8.62. The molecule has 0 aliphatic carbocycles. The van der Waals surface area contributed by atoms with Crippen LogP contribution < -0.4 is 10.6 Å². The summed E-state index contributed by atoms with van der Waals surface area (Å²) in [6, 6.07) is 3.41. The summed E-state index contributed by atoms with van der Waals surface area (Å²) >= 11 is 5.11. The minimum absolute atomic E-state index is 0.204. The molecule has 3 rings (SSSR count). The number of halogens is 1. The summed E-state index contributed by atoms with van der Waals surface area (Å²) in [6.07, 6.45) is 5.64. The molecule has 0 aromatic carbocycles. The van der Waals surface area contributed by atoms with Gasteiger partial charge in [-0.2, -0.15) is 0 Å². The zero-order chi connectivity index (χ0) is 13.2. The van der Waals surface area contributed by atoms with Gasteiger partial charge in [0.2, 0.25) is 5.91 Å². The van der Waals surface area contributed by atoms with Gasteiger partial charge in [0.05, 0.1) is 6.54 Å². The Labute approximate surface area is 126 Å². The second kappa shape index (κ2) is 5.94. The van der Waals surface area contributed by atoms with Gasteiger partial charge in [-0.1, -0.05) is 0 Å². The third kappa shape index (κ3) is 3.58. The lowest BCUT2D eigenvalue weighted by Gasteiger charge is -2.28. The molecule has 2 bridgehead atoms. The van der Waals surface area contributed by atoms with Crippen LogP contribution in [0.3, 0.4) is 0 Å². The quantitative estimate of drug-likeness (QED) is 0.882. The van der Waals surface area contributed by atoms with Crippen LogP contribution in [0.4, 0.5) is 0 Å². The van der Waals surface area contributed by atoms with E-state index in [0.717, 1.165) is 4.47 Å². The summed E-state index contributed by atoms with van der Waals surface area (Å²) in [4.78, 5) is 13.2. The van der Waals surface area contributed by atoms with Crippen molar-refractivity contribution >= 4 is 33.2 Å². The highest BCUT2D eigenvalue weighted by molar-refractivity contribution is 9.10. The van der Waals surface area contributed by atoms with Gasteiger partial charge in [-0.25, -0.2) is 0 Å². The Balaban J connectivity index is 1.44. The first-order valence-electron chi connectivity index (χ1n) is 6.94. The second-order valence-corrected chi connectivity index (χ2v) is 7.60. The van der Waals surface area contributed by atoms with Gasteiger partial charge in [0.1, 0.15) is 0 Å². The van der Waals surface area contributed by atoms with Crippen molar-refractivity contribution in [3.05, 3.63) is 20.8 Å². The number of hydrogen-bond acceptors (Lipinski definition) is 3. The van der Waals surface area contributed by atoms with Crippen LogP contribution in [0.5, 0.6) is 0 Å². The number of nitrogens with one attached hydrogen (secondary N) is 2. The molecular weight excluding hydrogens is 324 g/mol. The molecule has 3 heterocycles. The highest BCUT2D eigenvalue weighted by Crippen LogP contribution is 2.32. The predicted molar refractivity (Wildman–Crippen MR) is 81.2 cm³/mol. The molecule has 1 aromatic rings. The van der Waals surface area contributed by atoms with E-state index in [1.165, 1.54) is 30.6 Å². The number of carbonyl (C=O) groups excluding carboxylic acids is 1. The fourth-order valence-corrected chi connectivity index (χ4v) is 4.70. The Morgan fingerprint density at radius 3 is 2.79 bits per heavy atom. The molecule has 3 nitrogen and oxygen atoms in total. The maximum absolute atomic E-state index is 12.0. The summed E-state index contributed by atoms with van der Waals surface area (Å²) in [7, 11) is 0. The van der Waals surface area contributed by atoms with Gasteiger partial charge >= 0.3 is 0 Å². The molecule has 2 aliphatic rings. The van der Waals surface area contributed by atoms with E-state index in [2.05, 4.69) is 32.6 Å². The second-order valence-electron chi connectivity index (χ2n) is 5.69. The van der Waals surface area contributed by atoms with Crippen LogP contribution in [0, 0.1) is 5.92 Å². The average molecular weight is 343 g/mol. The van der Waals surface area contributed by atoms with Gasteiger partial charge in [0.25, 0.3) is 0 Å². The minimum Gasteiger partial charge on any atom is -0.351 e. The van der Waals surface area contributed by atoms with Gasteiger partial charge in [-0.05, 0) is 53.6 Å². The summed E-state index contributed by atoms with van der Waals surface area (Å²) in [5, 5.41) is 8.71. The molecule has 0 radical (unpaired) electrons. The fourth-order valence-electron chi connectivity index (χ4n) is 3.31. The monoisotopic (exact) mass is 342 g/mol. The van der Waals surface area contributed by atoms with Crippen molar-refractivity contribution < 1.29 is 4.79 Å². The molecule has 0 saturated carbocycles. The van der Waals surface area contributed by atoms with Gasteiger partial charge in [0.15, 0.2) is 0 Å². The molecule has 2 atom stereocenters. The van der Waals surface area contributed by atoms with E-state index < -0.39 is 0 Å². The van der Waals surface area contributed by atoms with Crippen molar-refractivity contribution in [2.75, 3.05) is 0 Å². The molecule has 19 heavy (non-hydrogen) atoms. The molecular formula is C14H19BrN2OS. The van der Waals surface area contributed by atoms with E-state index in [1.807, 2.05) is 5.38 Å². The van der Waals surface area contributed by atoms with Crippen molar-refractivity contribution in [2.45, 2.75) is 50.7 Å². The van der Waals surface area contributed by atoms with Gasteiger partial charge < -0.3 is 10.6 Å². The lowest BCUT2D eigenvalue weighted by atomic mass is 9.89. The fraction of sp³-hybridized carbons (Fsp3) is 0.643. The minimum atomic E-state index is 0.204. The Morgan fingerprint density at radius 2 is 2.16 bits per heavy atom. The van der Waals surface area contributed by atoms with Crippen LogP contribution in [-0.4, -0.2) is 18.0 Å². The number of hydrogen-bond donors (Lipinski definition) is 2. The number of amides is 1. The zero-order valence-corrected chi connectivity index (χ0v) is 13.2. The molecule has 5 heteroatoms. The largest absolute Gasteiger partial charge is 0.351 e. The first kappa shape index (κ1) is 13.6. The maximum Gasteiger partial charge on any atom is 0.220 e. The highest BCUT2D eigenvalue weighted by atomic mass is 79.9. The number of piperidine rings is 1. The van der Waals surface area contributed by atoms with Crippen molar-refractivity contribution in [1.29, 1.82) is 0 Å². The Kier molecular flexibility index (Phi) is 4.24. The number of thiophene rings is 1. The normalized spacial score (nSPS) is 29.4. The number of rotatable bonds is 4. The molecule has 1 amide bonds. The highest BCUT2D eigenvalue weighted by Gasteiger charge is 2.34. The SMILES string of the molecule is O=C(CC1CC2CCC(C1)N2)NCc1cc(Br)cs1. The Hall–Kier alpha value is -0.390. The van der Waals surface area contributed by atoms with E-state index >= 15 is 0 Å². The van der Waals surface area contributed by atoms with E-state index in [9.17, 15) is 4.79 Å². The molecule has 2 saturated heterocycles.